The van der Waals surface area contributed by atoms with E-state index in [9.17, 15) is 4.79 Å². The Morgan fingerprint density at radius 1 is 1.21 bits per heavy atom. The Kier molecular flexibility index (Phi) is 3.74. The first kappa shape index (κ1) is 13.4. The van der Waals surface area contributed by atoms with Crippen molar-refractivity contribution < 1.29 is 0 Å². The van der Waals surface area contributed by atoms with Gasteiger partial charge in [0.2, 0.25) is 0 Å². The maximum Gasteiger partial charge on any atom is 0.251 e. The van der Waals surface area contributed by atoms with E-state index in [1.165, 1.54) is 5.56 Å². The van der Waals surface area contributed by atoms with Crippen LogP contribution >= 0.6 is 0 Å². The average Bonchev–Trinajstić information content (AvgIpc) is 2.36. The van der Waals surface area contributed by atoms with E-state index in [1.807, 2.05) is 6.92 Å². The van der Waals surface area contributed by atoms with Crippen LogP contribution in [0.4, 0.5) is 5.69 Å². The first-order valence-electron chi connectivity index (χ1n) is 6.53. The fraction of sp³-hybridized carbons (Fsp3) is 0.312. The number of nitrogen functional groups attached to an aromatic ring is 1. The predicted octanol–water partition coefficient (Wildman–Crippen LogP) is 2.91. The van der Waals surface area contributed by atoms with Crippen LogP contribution < -0.4 is 11.3 Å². The fourth-order valence-electron chi connectivity index (χ4n) is 2.01. The number of hydrogen-bond donors (Lipinski definition) is 1. The molecule has 0 fully saturated rings. The quantitative estimate of drug-likeness (QED) is 0.918. The SMILES string of the molecule is Cc1cc(=O)n(Cc2ccc(C(C)C)cc2)cc1N. The summed E-state index contributed by atoms with van der Waals surface area (Å²) in [5.41, 5.74) is 9.73. The number of hydrogen-bond acceptors (Lipinski definition) is 2. The van der Waals surface area contributed by atoms with Crippen LogP contribution in [0.5, 0.6) is 0 Å². The Bertz CT molecular complexity index is 624. The molecule has 0 aliphatic heterocycles. The molecule has 3 nitrogen and oxygen atoms in total. The van der Waals surface area contributed by atoms with Crippen molar-refractivity contribution in [3.8, 4) is 0 Å². The molecule has 2 N–H and O–H groups in total. The lowest BCUT2D eigenvalue weighted by molar-refractivity contribution is 0.757. The minimum atomic E-state index is -0.0142. The summed E-state index contributed by atoms with van der Waals surface area (Å²) >= 11 is 0. The van der Waals surface area contributed by atoms with Gasteiger partial charge in [0.1, 0.15) is 0 Å². The van der Waals surface area contributed by atoms with Gasteiger partial charge >= 0.3 is 0 Å². The highest BCUT2D eigenvalue weighted by Gasteiger charge is 2.03. The Morgan fingerprint density at radius 2 is 1.84 bits per heavy atom. The zero-order chi connectivity index (χ0) is 14.0. The summed E-state index contributed by atoms with van der Waals surface area (Å²) in [6.45, 7) is 6.74. The molecule has 0 unspecified atom stereocenters. The van der Waals surface area contributed by atoms with Gasteiger partial charge in [0.25, 0.3) is 5.56 Å². The average molecular weight is 256 g/mol. The van der Waals surface area contributed by atoms with Crippen molar-refractivity contribution in [2.24, 2.45) is 0 Å². The minimum Gasteiger partial charge on any atom is -0.397 e. The smallest absolute Gasteiger partial charge is 0.251 e. The topological polar surface area (TPSA) is 48.0 Å². The summed E-state index contributed by atoms with van der Waals surface area (Å²) in [7, 11) is 0. The Labute approximate surface area is 113 Å². The summed E-state index contributed by atoms with van der Waals surface area (Å²) in [6.07, 6.45) is 1.72. The number of aromatic nitrogens is 1. The molecule has 0 aliphatic rings. The molecule has 0 spiro atoms. The van der Waals surface area contributed by atoms with Crippen LogP contribution in [0.25, 0.3) is 0 Å². The maximum atomic E-state index is 11.9. The Morgan fingerprint density at radius 3 is 2.42 bits per heavy atom. The molecule has 0 bridgehead atoms. The van der Waals surface area contributed by atoms with E-state index in [1.54, 1.807) is 16.8 Å². The van der Waals surface area contributed by atoms with E-state index in [0.717, 1.165) is 11.1 Å². The molecule has 1 aromatic heterocycles. The lowest BCUT2D eigenvalue weighted by Gasteiger charge is -2.10. The van der Waals surface area contributed by atoms with Crippen molar-refractivity contribution in [2.75, 3.05) is 5.73 Å². The summed E-state index contributed by atoms with van der Waals surface area (Å²) in [4.78, 5) is 11.9. The second-order valence-corrected chi connectivity index (χ2v) is 5.27. The van der Waals surface area contributed by atoms with E-state index in [4.69, 9.17) is 5.73 Å². The summed E-state index contributed by atoms with van der Waals surface area (Å²) < 4.78 is 1.65. The van der Waals surface area contributed by atoms with Gasteiger partial charge in [-0.15, -0.1) is 0 Å². The van der Waals surface area contributed by atoms with E-state index in [-0.39, 0.29) is 5.56 Å². The number of nitrogens with two attached hydrogens (primary N) is 1. The molecule has 3 heteroatoms. The number of benzene rings is 1. The Balaban J connectivity index is 2.26. The van der Waals surface area contributed by atoms with Crippen LogP contribution in [0.15, 0.2) is 41.3 Å². The van der Waals surface area contributed by atoms with Gasteiger partial charge in [0, 0.05) is 12.3 Å². The zero-order valence-electron chi connectivity index (χ0n) is 11.7. The van der Waals surface area contributed by atoms with Gasteiger partial charge in [-0.1, -0.05) is 38.1 Å². The van der Waals surface area contributed by atoms with Crippen LogP contribution in [0.3, 0.4) is 0 Å². The van der Waals surface area contributed by atoms with Gasteiger partial charge in [-0.25, -0.2) is 0 Å². The van der Waals surface area contributed by atoms with Gasteiger partial charge in [-0.3, -0.25) is 4.79 Å². The molecule has 0 amide bonds. The second kappa shape index (κ2) is 5.31. The molecule has 0 radical (unpaired) electrons. The van der Waals surface area contributed by atoms with E-state index < -0.39 is 0 Å². The molecule has 0 atom stereocenters. The highest BCUT2D eigenvalue weighted by atomic mass is 16.1. The van der Waals surface area contributed by atoms with Crippen LogP contribution in [0, 0.1) is 6.92 Å². The van der Waals surface area contributed by atoms with Gasteiger partial charge in [-0.2, -0.15) is 0 Å². The third-order valence-electron chi connectivity index (χ3n) is 3.37. The molecule has 1 aromatic carbocycles. The van der Waals surface area contributed by atoms with Crippen molar-refractivity contribution in [3.63, 3.8) is 0 Å². The summed E-state index contributed by atoms with van der Waals surface area (Å²) in [6, 6.07) is 9.94. The lowest BCUT2D eigenvalue weighted by Crippen LogP contribution is -2.20. The van der Waals surface area contributed by atoms with Crippen molar-refractivity contribution >= 4 is 5.69 Å². The largest absolute Gasteiger partial charge is 0.397 e. The van der Waals surface area contributed by atoms with Crippen molar-refractivity contribution in [2.45, 2.75) is 33.2 Å². The van der Waals surface area contributed by atoms with Crippen LogP contribution in [0.1, 0.15) is 36.5 Å². The third-order valence-corrected chi connectivity index (χ3v) is 3.37. The second-order valence-electron chi connectivity index (χ2n) is 5.27. The highest BCUT2D eigenvalue weighted by molar-refractivity contribution is 5.43. The monoisotopic (exact) mass is 256 g/mol. The zero-order valence-corrected chi connectivity index (χ0v) is 11.7. The number of rotatable bonds is 3. The highest BCUT2D eigenvalue weighted by Crippen LogP contribution is 2.15. The Hall–Kier alpha value is -2.03. The summed E-state index contributed by atoms with van der Waals surface area (Å²) in [5.74, 6) is 0.520. The van der Waals surface area contributed by atoms with E-state index in [2.05, 4.69) is 38.1 Å². The number of aryl methyl sites for hydroxylation is 1. The predicted molar refractivity (Wildman–Crippen MR) is 79.5 cm³/mol. The van der Waals surface area contributed by atoms with Crippen LogP contribution in [-0.2, 0) is 6.54 Å². The van der Waals surface area contributed by atoms with Gasteiger partial charge in [-0.05, 0) is 29.5 Å². The van der Waals surface area contributed by atoms with Gasteiger partial charge < -0.3 is 10.3 Å². The van der Waals surface area contributed by atoms with Crippen molar-refractivity contribution in [1.29, 1.82) is 0 Å². The van der Waals surface area contributed by atoms with Crippen LogP contribution in [0.2, 0.25) is 0 Å². The molecular weight excluding hydrogens is 236 g/mol. The van der Waals surface area contributed by atoms with E-state index >= 15 is 0 Å². The van der Waals surface area contributed by atoms with Crippen LogP contribution in [-0.4, -0.2) is 4.57 Å². The molecule has 0 aliphatic carbocycles. The first-order chi connectivity index (χ1) is 8.97. The molecule has 0 saturated carbocycles. The first-order valence-corrected chi connectivity index (χ1v) is 6.53. The number of nitrogens with zero attached hydrogens (tertiary/aromatic N) is 1. The number of anilines is 1. The number of pyridine rings is 1. The van der Waals surface area contributed by atoms with Crippen molar-refractivity contribution in [3.05, 3.63) is 63.6 Å². The molecule has 1 heterocycles. The van der Waals surface area contributed by atoms with Gasteiger partial charge in [0.15, 0.2) is 0 Å². The third kappa shape index (κ3) is 3.05. The standard InChI is InChI=1S/C16H20N2O/c1-11(2)14-6-4-13(5-7-14)9-18-10-15(17)12(3)8-16(18)19/h4-8,10-11H,9,17H2,1-3H3. The minimum absolute atomic E-state index is 0.0142. The molecule has 0 saturated heterocycles. The molecular formula is C16H20N2O. The summed E-state index contributed by atoms with van der Waals surface area (Å²) in [5, 5.41) is 0. The molecule has 100 valence electrons. The molecule has 19 heavy (non-hydrogen) atoms. The maximum absolute atomic E-state index is 11.9. The van der Waals surface area contributed by atoms with E-state index in [0.29, 0.717) is 18.2 Å². The van der Waals surface area contributed by atoms with Crippen molar-refractivity contribution in [1.82, 2.24) is 4.57 Å². The van der Waals surface area contributed by atoms with Gasteiger partial charge in [0.05, 0.1) is 12.2 Å². The molecule has 2 rings (SSSR count). The normalized spacial score (nSPS) is 10.9. The fourth-order valence-corrected chi connectivity index (χ4v) is 2.01. The lowest BCUT2D eigenvalue weighted by atomic mass is 10.0. The molecule has 2 aromatic rings.